The maximum atomic E-state index is 12.2. The summed E-state index contributed by atoms with van der Waals surface area (Å²) in [4.78, 5) is 35.0. The molecule has 0 aromatic heterocycles. The minimum atomic E-state index is -0.874. The highest BCUT2D eigenvalue weighted by Crippen LogP contribution is 2.24. The summed E-state index contributed by atoms with van der Waals surface area (Å²) in [6.45, 7) is 2.52. The monoisotopic (exact) mass is 306 g/mol. The van der Waals surface area contributed by atoms with Gasteiger partial charge in [0.1, 0.15) is 0 Å². The molecule has 118 valence electrons. The van der Waals surface area contributed by atoms with Gasteiger partial charge in [0.05, 0.1) is 10.8 Å². The number of nitrogens with zero attached hydrogens (tertiary/aromatic N) is 2. The highest BCUT2D eigenvalue weighted by atomic mass is 16.6. The van der Waals surface area contributed by atoms with Crippen molar-refractivity contribution in [3.8, 4) is 0 Å². The molecule has 1 aliphatic heterocycles. The van der Waals surface area contributed by atoms with Gasteiger partial charge in [-0.25, -0.2) is 0 Å². The lowest BCUT2D eigenvalue weighted by Crippen LogP contribution is -2.30. The van der Waals surface area contributed by atoms with E-state index in [4.69, 9.17) is 5.11 Å². The number of benzene rings is 1. The maximum Gasteiger partial charge on any atom is 0.308 e. The molecular weight excluding hydrogens is 288 g/mol. The van der Waals surface area contributed by atoms with Crippen molar-refractivity contribution in [1.82, 2.24) is 4.90 Å². The number of carbonyl (C=O) groups is 2. The Morgan fingerprint density at radius 1 is 1.41 bits per heavy atom. The van der Waals surface area contributed by atoms with Crippen LogP contribution in [-0.2, 0) is 16.0 Å². The lowest BCUT2D eigenvalue weighted by atomic mass is 9.99. The normalized spacial score (nSPS) is 20.9. The van der Waals surface area contributed by atoms with Crippen LogP contribution < -0.4 is 0 Å². The first-order chi connectivity index (χ1) is 10.4. The summed E-state index contributed by atoms with van der Waals surface area (Å²) < 4.78 is 0. The summed E-state index contributed by atoms with van der Waals surface area (Å²) in [6, 6.07) is 6.20. The van der Waals surface area contributed by atoms with Crippen LogP contribution in [0, 0.1) is 22.0 Å². The van der Waals surface area contributed by atoms with Crippen LogP contribution in [0.1, 0.15) is 18.9 Å². The molecule has 0 spiro atoms. The number of hydrogen-bond donors (Lipinski definition) is 1. The fourth-order valence-electron chi connectivity index (χ4n) is 2.73. The lowest BCUT2D eigenvalue weighted by molar-refractivity contribution is -0.384. The number of rotatable bonds is 5. The van der Waals surface area contributed by atoms with Gasteiger partial charge in [0.15, 0.2) is 0 Å². The molecule has 1 fully saturated rings. The van der Waals surface area contributed by atoms with Crippen molar-refractivity contribution in [2.24, 2.45) is 11.8 Å². The molecular formula is C15H18N2O5. The average molecular weight is 306 g/mol. The van der Waals surface area contributed by atoms with E-state index in [1.807, 2.05) is 6.92 Å². The highest BCUT2D eigenvalue weighted by molar-refractivity contribution is 5.79. The second-order valence-electron chi connectivity index (χ2n) is 5.65. The van der Waals surface area contributed by atoms with Crippen molar-refractivity contribution >= 4 is 17.6 Å². The average Bonchev–Trinajstić information content (AvgIpc) is 2.87. The molecule has 7 heteroatoms. The molecule has 1 aromatic carbocycles. The third kappa shape index (κ3) is 3.60. The number of nitro groups is 1. The predicted octanol–water partition coefficient (Wildman–Crippen LogP) is 1.71. The topological polar surface area (TPSA) is 101 Å². The van der Waals surface area contributed by atoms with Gasteiger partial charge in [-0.3, -0.25) is 19.7 Å². The fraction of sp³-hybridized carbons (Fsp3) is 0.467. The number of aliphatic carboxylic acids is 1. The first kappa shape index (κ1) is 15.9. The molecule has 0 bridgehead atoms. The Kier molecular flexibility index (Phi) is 4.75. The number of hydrogen-bond acceptors (Lipinski definition) is 4. The van der Waals surface area contributed by atoms with Gasteiger partial charge in [0.25, 0.3) is 5.69 Å². The van der Waals surface area contributed by atoms with E-state index in [0.29, 0.717) is 13.0 Å². The summed E-state index contributed by atoms with van der Waals surface area (Å²) in [5, 5.41) is 19.8. The van der Waals surface area contributed by atoms with E-state index >= 15 is 0 Å². The van der Waals surface area contributed by atoms with E-state index < -0.39 is 16.8 Å². The molecule has 2 atom stereocenters. The first-order valence-corrected chi connectivity index (χ1v) is 7.12. The minimum Gasteiger partial charge on any atom is -0.481 e. The Morgan fingerprint density at radius 2 is 2.14 bits per heavy atom. The lowest BCUT2D eigenvalue weighted by Gasteiger charge is -2.15. The number of aryl methyl sites for hydroxylation is 1. The highest BCUT2D eigenvalue weighted by Gasteiger charge is 2.36. The van der Waals surface area contributed by atoms with Crippen LogP contribution in [0.25, 0.3) is 0 Å². The molecule has 7 nitrogen and oxygen atoms in total. The van der Waals surface area contributed by atoms with Gasteiger partial charge in [-0.15, -0.1) is 0 Å². The van der Waals surface area contributed by atoms with E-state index in [1.165, 1.54) is 12.1 Å². The van der Waals surface area contributed by atoms with E-state index in [0.717, 1.165) is 5.56 Å². The van der Waals surface area contributed by atoms with Crippen LogP contribution in [0.2, 0.25) is 0 Å². The smallest absolute Gasteiger partial charge is 0.308 e. The standard InChI is InChI=1S/C15H18N2O5/c1-10-8-16(9-13(10)15(19)20)14(18)6-5-11-3-2-4-12(7-11)17(21)22/h2-4,7,10,13H,5-6,8-9H2,1H3,(H,19,20)/t10-,13-/m1/s1. The van der Waals surface area contributed by atoms with Crippen LogP contribution in [-0.4, -0.2) is 39.9 Å². The van der Waals surface area contributed by atoms with Crippen molar-refractivity contribution in [3.05, 3.63) is 39.9 Å². The van der Waals surface area contributed by atoms with Crippen LogP contribution >= 0.6 is 0 Å². The SMILES string of the molecule is C[C@@H]1CN(C(=O)CCc2cccc([N+](=O)[O-])c2)C[C@H]1C(=O)O. The van der Waals surface area contributed by atoms with Crippen LogP contribution in [0.4, 0.5) is 5.69 Å². The van der Waals surface area contributed by atoms with Crippen LogP contribution in [0.3, 0.4) is 0 Å². The molecule has 0 radical (unpaired) electrons. The molecule has 22 heavy (non-hydrogen) atoms. The molecule has 1 N–H and O–H groups in total. The zero-order chi connectivity index (χ0) is 16.3. The van der Waals surface area contributed by atoms with Crippen molar-refractivity contribution in [1.29, 1.82) is 0 Å². The van der Waals surface area contributed by atoms with Crippen molar-refractivity contribution in [2.45, 2.75) is 19.8 Å². The number of carbonyl (C=O) groups excluding carboxylic acids is 1. The molecule has 0 saturated carbocycles. The van der Waals surface area contributed by atoms with Gasteiger partial charge >= 0.3 is 5.97 Å². The molecule has 2 rings (SSSR count). The third-order valence-electron chi connectivity index (χ3n) is 4.03. The zero-order valence-corrected chi connectivity index (χ0v) is 12.3. The second-order valence-corrected chi connectivity index (χ2v) is 5.65. The summed E-state index contributed by atoms with van der Waals surface area (Å²) in [6.07, 6.45) is 0.628. The Balaban J connectivity index is 1.92. The van der Waals surface area contributed by atoms with E-state index in [2.05, 4.69) is 0 Å². The molecule has 1 heterocycles. The summed E-state index contributed by atoms with van der Waals surface area (Å²) in [5.41, 5.74) is 0.732. The summed E-state index contributed by atoms with van der Waals surface area (Å²) in [7, 11) is 0. The van der Waals surface area contributed by atoms with Gasteiger partial charge in [0.2, 0.25) is 5.91 Å². The Morgan fingerprint density at radius 3 is 2.73 bits per heavy atom. The largest absolute Gasteiger partial charge is 0.481 e. The quantitative estimate of drug-likeness (QED) is 0.659. The number of non-ortho nitro benzene ring substituents is 1. The minimum absolute atomic E-state index is 0.00526. The Bertz CT molecular complexity index is 601. The first-order valence-electron chi connectivity index (χ1n) is 7.12. The second kappa shape index (κ2) is 6.55. The molecule has 1 aliphatic rings. The van der Waals surface area contributed by atoms with E-state index in [-0.39, 0.29) is 30.5 Å². The maximum absolute atomic E-state index is 12.2. The number of nitro benzene ring substituents is 1. The summed E-state index contributed by atoms with van der Waals surface area (Å²) in [5.74, 6) is -1.55. The van der Waals surface area contributed by atoms with Crippen LogP contribution in [0.15, 0.2) is 24.3 Å². The van der Waals surface area contributed by atoms with Gasteiger partial charge in [0, 0.05) is 31.6 Å². The van der Waals surface area contributed by atoms with Gasteiger partial charge in [-0.05, 0) is 17.9 Å². The molecule has 0 aliphatic carbocycles. The van der Waals surface area contributed by atoms with Gasteiger partial charge in [-0.2, -0.15) is 0 Å². The molecule has 1 saturated heterocycles. The Labute approximate surface area is 127 Å². The number of carboxylic acids is 1. The number of amides is 1. The Hall–Kier alpha value is -2.44. The molecule has 1 aromatic rings. The zero-order valence-electron chi connectivity index (χ0n) is 12.3. The van der Waals surface area contributed by atoms with Crippen molar-refractivity contribution in [2.75, 3.05) is 13.1 Å². The molecule has 0 unspecified atom stereocenters. The van der Waals surface area contributed by atoms with Gasteiger partial charge in [-0.1, -0.05) is 19.1 Å². The van der Waals surface area contributed by atoms with Crippen molar-refractivity contribution in [3.63, 3.8) is 0 Å². The molecule has 1 amide bonds. The number of carboxylic acid groups (broad SMARTS) is 1. The van der Waals surface area contributed by atoms with E-state index in [1.54, 1.807) is 17.0 Å². The fourth-order valence-corrected chi connectivity index (χ4v) is 2.73. The number of likely N-dealkylation sites (tertiary alicyclic amines) is 1. The third-order valence-corrected chi connectivity index (χ3v) is 4.03. The van der Waals surface area contributed by atoms with Crippen LogP contribution in [0.5, 0.6) is 0 Å². The summed E-state index contributed by atoms with van der Waals surface area (Å²) >= 11 is 0. The predicted molar refractivity (Wildman–Crippen MR) is 78.3 cm³/mol. The van der Waals surface area contributed by atoms with Gasteiger partial charge < -0.3 is 10.0 Å². The van der Waals surface area contributed by atoms with Crippen molar-refractivity contribution < 1.29 is 19.6 Å². The van der Waals surface area contributed by atoms with E-state index in [9.17, 15) is 19.7 Å².